The highest BCUT2D eigenvalue weighted by Gasteiger charge is 2.62. The van der Waals surface area contributed by atoms with E-state index in [0.717, 1.165) is 38.5 Å². The van der Waals surface area contributed by atoms with Crippen LogP contribution in [0.5, 0.6) is 11.6 Å². The molecule has 0 aromatic carbocycles. The smallest absolute Gasteiger partial charge is 0.408 e. The van der Waals surface area contributed by atoms with Gasteiger partial charge in [0.1, 0.15) is 41.6 Å². The number of nitrogens with zero attached hydrogens (tertiary/aromatic N) is 3. The summed E-state index contributed by atoms with van der Waals surface area (Å²) in [6, 6.07) is 1.31. The van der Waals surface area contributed by atoms with Gasteiger partial charge in [-0.05, 0) is 82.4 Å². The molecule has 2 aromatic rings. The van der Waals surface area contributed by atoms with Crippen LogP contribution in [0.2, 0.25) is 0 Å². The number of amides is 4. The average Bonchev–Trinajstić information content (AvgIpc) is 3.81. The Labute approximate surface area is 336 Å². The van der Waals surface area contributed by atoms with Gasteiger partial charge in [0.2, 0.25) is 27.6 Å². The second-order valence-corrected chi connectivity index (χ2v) is 18.4. The van der Waals surface area contributed by atoms with E-state index in [1.54, 1.807) is 12.1 Å². The molecule has 0 spiro atoms. The van der Waals surface area contributed by atoms with Crippen molar-refractivity contribution in [1.82, 2.24) is 30.2 Å². The number of ether oxygens (including phenoxy) is 3. The molecule has 9 rings (SSSR count). The Bertz CT molecular complexity index is 2150. The second kappa shape index (κ2) is 15.5. The molecular weight excluding hydrogens is 769 g/mol. The molecule has 4 fully saturated rings. The number of hydrogen-bond acceptors (Lipinski definition) is 12. The number of rotatable bonds is 8. The quantitative estimate of drug-likeness (QED) is 0.322. The van der Waals surface area contributed by atoms with Gasteiger partial charge < -0.3 is 34.2 Å². The van der Waals surface area contributed by atoms with E-state index < -0.39 is 68.7 Å². The van der Waals surface area contributed by atoms with Gasteiger partial charge in [0.25, 0.3) is 11.8 Å². The lowest BCUT2D eigenvalue weighted by Gasteiger charge is -2.30. The Morgan fingerprint density at radius 1 is 0.966 bits per heavy atom. The molecule has 7 atom stereocenters. The normalized spacial score (nSPS) is 31.3. The fourth-order valence-corrected chi connectivity index (χ4v) is 10.2. The molecule has 17 heteroatoms. The molecule has 0 radical (unpaired) electrons. The number of furan rings is 1. The zero-order valence-corrected chi connectivity index (χ0v) is 32.9. The van der Waals surface area contributed by atoms with E-state index in [0.29, 0.717) is 49.3 Å². The van der Waals surface area contributed by atoms with Crippen LogP contribution >= 0.6 is 0 Å². The number of carbonyl (C=O) groups excluding carboxylic acids is 4. The molecule has 3 saturated carbocycles. The third kappa shape index (κ3) is 7.72. The van der Waals surface area contributed by atoms with Gasteiger partial charge in [-0.25, -0.2) is 18.2 Å². The lowest BCUT2D eigenvalue weighted by molar-refractivity contribution is -0.141. The van der Waals surface area contributed by atoms with Crippen molar-refractivity contribution >= 4 is 33.8 Å². The number of aromatic nitrogens is 2. The lowest BCUT2D eigenvalue weighted by Crippen LogP contribution is -2.58. The molecule has 3 aliphatic heterocycles. The maximum absolute atomic E-state index is 14.7. The highest BCUT2D eigenvalue weighted by molar-refractivity contribution is 7.91. The first-order chi connectivity index (χ1) is 28.1. The van der Waals surface area contributed by atoms with E-state index in [1.165, 1.54) is 11.2 Å². The molecule has 2 aromatic heterocycles. The summed E-state index contributed by atoms with van der Waals surface area (Å²) in [4.78, 5) is 67.2. The zero-order chi connectivity index (χ0) is 40.0. The van der Waals surface area contributed by atoms with Gasteiger partial charge in [-0.1, -0.05) is 43.2 Å². The van der Waals surface area contributed by atoms with Gasteiger partial charge in [0, 0.05) is 12.3 Å². The Kier molecular flexibility index (Phi) is 10.3. The van der Waals surface area contributed by atoms with Crippen molar-refractivity contribution in [3.8, 4) is 23.2 Å². The molecule has 7 aliphatic rings. The van der Waals surface area contributed by atoms with Crippen LogP contribution in [-0.2, 0) is 29.1 Å². The summed E-state index contributed by atoms with van der Waals surface area (Å²) in [5.41, 5.74) is -0.918. The maximum Gasteiger partial charge on any atom is 0.408 e. The number of nitrogens with one attached hydrogen (secondary N) is 3. The van der Waals surface area contributed by atoms with Gasteiger partial charge in [0.15, 0.2) is 11.6 Å². The Hall–Kier alpha value is -5.19. The Morgan fingerprint density at radius 3 is 2.57 bits per heavy atom. The van der Waals surface area contributed by atoms with Gasteiger partial charge in [0.05, 0.1) is 24.0 Å². The average molecular weight is 817 g/mol. The van der Waals surface area contributed by atoms with E-state index in [1.807, 2.05) is 36.5 Å². The maximum atomic E-state index is 14.7. The molecule has 5 heterocycles. The second-order valence-electron chi connectivity index (χ2n) is 16.4. The van der Waals surface area contributed by atoms with Crippen molar-refractivity contribution in [1.29, 1.82) is 0 Å². The van der Waals surface area contributed by atoms with Crippen LogP contribution in [0.25, 0.3) is 11.6 Å². The summed E-state index contributed by atoms with van der Waals surface area (Å²) in [6.45, 7) is -0.0626. The van der Waals surface area contributed by atoms with Crippen molar-refractivity contribution in [3.05, 3.63) is 60.5 Å². The number of alkyl carbamates (subject to hydrolysis) is 1. The van der Waals surface area contributed by atoms with Crippen LogP contribution in [0.15, 0.2) is 59.3 Å². The Balaban J connectivity index is 1.03. The first kappa shape index (κ1) is 38.3. The first-order valence-corrected chi connectivity index (χ1v) is 22.1. The van der Waals surface area contributed by atoms with Crippen molar-refractivity contribution in [2.24, 2.45) is 5.92 Å². The minimum absolute atomic E-state index is 0.00306. The first-order valence-electron chi connectivity index (χ1n) is 20.5. The van der Waals surface area contributed by atoms with Crippen molar-refractivity contribution < 1.29 is 46.2 Å². The summed E-state index contributed by atoms with van der Waals surface area (Å²) < 4.78 is 52.3. The molecule has 4 amide bonds. The van der Waals surface area contributed by atoms with Gasteiger partial charge >= 0.3 is 6.09 Å². The minimum atomic E-state index is -3.91. The monoisotopic (exact) mass is 816 g/mol. The number of carbonyl (C=O) groups is 4. The number of fused-ring (bicyclic) bond motifs is 5. The third-order valence-electron chi connectivity index (χ3n) is 12.2. The SMILES string of the molecule is O=C(N[C@H]1CCCCC/C=C\[C@@H]2C[C@@]2(C(=O)NS(=O)(=O)C2CC2)NC(=O)[C@@H]2C[C@@H](Oc3nc(-c4ccco4)nc4c3OC3C=CC=CC43)CN2C1=O)OC1CCCC1. The summed E-state index contributed by atoms with van der Waals surface area (Å²) in [6.07, 6.45) is 18.8. The molecule has 1 saturated heterocycles. The molecular formula is C41H48N6O10S. The number of hydrogen-bond donors (Lipinski definition) is 3. The van der Waals surface area contributed by atoms with E-state index in [2.05, 4.69) is 15.4 Å². The molecule has 3 N–H and O–H groups in total. The minimum Gasteiger partial charge on any atom is -0.478 e. The fraction of sp³-hybridized carbons (Fsp3) is 0.561. The standard InChI is InChI=1S/C41H48N6O10S/c48-36-30-21-26(55-37-34-33(28-14-8-9-16-31(28)57-34)43-35(44-37)32-17-10-20-54-32)23-47(30)38(49)29(42-40(51)56-25-12-6-7-13-25)15-5-3-1-2-4-11-24-22-41(24,45-36)39(50)46-58(52,53)27-18-19-27/h4,8-11,14,16-17,20,24-31H,1-3,5-7,12-13,15,18-19,21-23H2,(H,42,51)(H,45,48)(H,46,50)/b11-4-/t24-,26-,28?,29+,30+,31?,41-/m1/s1. The summed E-state index contributed by atoms with van der Waals surface area (Å²) in [7, 11) is -3.91. The Morgan fingerprint density at radius 2 is 1.78 bits per heavy atom. The van der Waals surface area contributed by atoms with Gasteiger partial charge in [-0.15, -0.1) is 0 Å². The van der Waals surface area contributed by atoms with Crippen LogP contribution < -0.4 is 24.8 Å². The van der Waals surface area contributed by atoms with E-state index >= 15 is 0 Å². The van der Waals surface area contributed by atoms with Crippen LogP contribution in [0, 0.1) is 5.92 Å². The van der Waals surface area contributed by atoms with Crippen LogP contribution in [0.3, 0.4) is 0 Å². The summed E-state index contributed by atoms with van der Waals surface area (Å²) in [5.74, 6) is -1.42. The molecule has 58 heavy (non-hydrogen) atoms. The largest absolute Gasteiger partial charge is 0.478 e. The predicted octanol–water partition coefficient (Wildman–Crippen LogP) is 4.10. The van der Waals surface area contributed by atoms with Crippen molar-refractivity contribution in [2.45, 2.75) is 131 Å². The van der Waals surface area contributed by atoms with E-state index in [9.17, 15) is 27.6 Å². The molecule has 4 aliphatic carbocycles. The van der Waals surface area contributed by atoms with Gasteiger partial charge in [-0.3, -0.25) is 19.1 Å². The summed E-state index contributed by atoms with van der Waals surface area (Å²) in [5, 5.41) is 5.07. The van der Waals surface area contributed by atoms with Crippen LogP contribution in [-0.4, -0.2) is 94.8 Å². The van der Waals surface area contributed by atoms with Crippen molar-refractivity contribution in [3.63, 3.8) is 0 Å². The highest BCUT2D eigenvalue weighted by Crippen LogP contribution is 2.48. The molecule has 2 unspecified atom stereocenters. The van der Waals surface area contributed by atoms with E-state index in [-0.39, 0.29) is 49.2 Å². The van der Waals surface area contributed by atoms with Crippen LogP contribution in [0.4, 0.5) is 4.79 Å². The highest BCUT2D eigenvalue weighted by atomic mass is 32.2. The fourth-order valence-electron chi connectivity index (χ4n) is 8.80. The predicted molar refractivity (Wildman–Crippen MR) is 207 cm³/mol. The molecule has 308 valence electrons. The molecule has 0 bridgehead atoms. The lowest BCUT2D eigenvalue weighted by atomic mass is 9.96. The number of sulfonamides is 1. The van der Waals surface area contributed by atoms with Crippen LogP contribution in [0.1, 0.15) is 95.1 Å². The molecule has 16 nitrogen and oxygen atoms in total. The summed E-state index contributed by atoms with van der Waals surface area (Å²) >= 11 is 0. The number of allylic oxidation sites excluding steroid dienone is 3. The third-order valence-corrected chi connectivity index (χ3v) is 14.1. The topological polar surface area (TPSA) is 208 Å². The van der Waals surface area contributed by atoms with Crippen molar-refractivity contribution in [2.75, 3.05) is 6.54 Å². The van der Waals surface area contributed by atoms with E-state index in [4.69, 9.17) is 28.6 Å². The van der Waals surface area contributed by atoms with Gasteiger partial charge in [-0.2, -0.15) is 4.98 Å². The zero-order valence-electron chi connectivity index (χ0n) is 32.0.